The summed E-state index contributed by atoms with van der Waals surface area (Å²) < 4.78 is 0. The number of allylic oxidation sites excluding steroid dienone is 1. The summed E-state index contributed by atoms with van der Waals surface area (Å²) in [6.07, 6.45) is 6.13. The largest absolute Gasteiger partial charge is 0.388 e. The third-order valence-electron chi connectivity index (χ3n) is 4.92. The molecule has 1 unspecified atom stereocenters. The van der Waals surface area contributed by atoms with Gasteiger partial charge in [0.05, 0.1) is 11.2 Å². The van der Waals surface area contributed by atoms with Crippen LogP contribution in [0.4, 0.5) is 0 Å². The van der Waals surface area contributed by atoms with Gasteiger partial charge in [0.1, 0.15) is 0 Å². The van der Waals surface area contributed by atoms with Gasteiger partial charge in [0.15, 0.2) is 0 Å². The van der Waals surface area contributed by atoms with E-state index in [9.17, 15) is 0 Å². The number of hydrogen-bond acceptors (Lipinski definition) is 4. The monoisotopic (exact) mass is 292 g/mol. The Morgan fingerprint density at radius 2 is 2.09 bits per heavy atom. The molecule has 2 aliphatic rings. The molecule has 0 saturated carbocycles. The number of pyridine rings is 1. The number of hydrogen-bond donors (Lipinski definition) is 3. The molecule has 1 atom stereocenters. The zero-order valence-electron chi connectivity index (χ0n) is 12.5. The highest BCUT2D eigenvalue weighted by molar-refractivity contribution is 6.08. The van der Waals surface area contributed by atoms with Crippen LogP contribution in [-0.4, -0.2) is 30.3 Å². The molecule has 4 heteroatoms. The Kier molecular flexibility index (Phi) is 3.19. The number of para-hydroxylation sites is 1. The van der Waals surface area contributed by atoms with Crippen molar-refractivity contribution in [3.8, 4) is 0 Å². The van der Waals surface area contributed by atoms with E-state index in [0.717, 1.165) is 48.9 Å². The van der Waals surface area contributed by atoms with E-state index < -0.39 is 0 Å². The molecule has 2 aromatic rings. The van der Waals surface area contributed by atoms with Crippen molar-refractivity contribution < 1.29 is 0 Å². The molecule has 4 rings (SSSR count). The van der Waals surface area contributed by atoms with Crippen molar-refractivity contribution in [3.05, 3.63) is 53.9 Å². The second-order valence-electron chi connectivity index (χ2n) is 6.27. The Morgan fingerprint density at radius 1 is 1.23 bits per heavy atom. The normalized spacial score (nSPS) is 25.9. The summed E-state index contributed by atoms with van der Waals surface area (Å²) >= 11 is 0. The molecule has 112 valence electrons. The fourth-order valence-corrected chi connectivity index (χ4v) is 3.60. The first-order chi connectivity index (χ1) is 10.8. The molecule has 22 heavy (non-hydrogen) atoms. The van der Waals surface area contributed by atoms with Gasteiger partial charge in [-0.1, -0.05) is 18.2 Å². The summed E-state index contributed by atoms with van der Waals surface area (Å²) in [6.45, 7) is 3.11. The fraction of sp³-hybridized carbons (Fsp3) is 0.333. The third kappa shape index (κ3) is 2.20. The van der Waals surface area contributed by atoms with Crippen LogP contribution >= 0.6 is 0 Å². The van der Waals surface area contributed by atoms with Gasteiger partial charge in [-0.05, 0) is 37.6 Å². The van der Waals surface area contributed by atoms with E-state index in [-0.39, 0.29) is 5.41 Å². The molecule has 1 aromatic carbocycles. The molecule has 2 fully saturated rings. The lowest BCUT2D eigenvalue weighted by Crippen LogP contribution is -2.25. The van der Waals surface area contributed by atoms with E-state index >= 15 is 0 Å². The van der Waals surface area contributed by atoms with Crippen LogP contribution in [0.2, 0.25) is 0 Å². The van der Waals surface area contributed by atoms with E-state index in [1.54, 1.807) is 6.20 Å². The molecule has 1 aromatic heterocycles. The predicted molar refractivity (Wildman–Crippen MR) is 89.2 cm³/mol. The molecular weight excluding hydrogens is 272 g/mol. The van der Waals surface area contributed by atoms with Crippen molar-refractivity contribution in [2.24, 2.45) is 5.41 Å². The van der Waals surface area contributed by atoms with Gasteiger partial charge < -0.3 is 16.0 Å². The highest BCUT2D eigenvalue weighted by atomic mass is 15.0. The maximum atomic E-state index is 8.44. The smallest absolute Gasteiger partial charge is 0.0702 e. The second-order valence-corrected chi connectivity index (χ2v) is 6.27. The van der Waals surface area contributed by atoms with E-state index in [1.165, 1.54) is 5.70 Å². The Bertz CT molecular complexity index is 751. The van der Waals surface area contributed by atoms with Crippen molar-refractivity contribution >= 4 is 16.6 Å². The zero-order chi connectivity index (χ0) is 15.0. The minimum atomic E-state index is 0.219. The highest BCUT2D eigenvalue weighted by Crippen LogP contribution is 2.39. The average Bonchev–Trinajstić information content (AvgIpc) is 3.18. The average molecular weight is 292 g/mol. The van der Waals surface area contributed by atoms with Crippen LogP contribution in [0.5, 0.6) is 0 Å². The number of benzene rings is 1. The molecule has 0 amide bonds. The van der Waals surface area contributed by atoms with E-state index in [0.29, 0.717) is 5.71 Å². The van der Waals surface area contributed by atoms with Crippen molar-refractivity contribution in [1.29, 1.82) is 5.41 Å². The Labute approximate surface area is 130 Å². The summed E-state index contributed by atoms with van der Waals surface area (Å²) in [5.74, 6) is 0. The van der Waals surface area contributed by atoms with Crippen LogP contribution in [-0.2, 0) is 0 Å². The molecule has 3 heterocycles. The number of rotatable bonds is 2. The van der Waals surface area contributed by atoms with Crippen LogP contribution < -0.4 is 10.6 Å². The second kappa shape index (κ2) is 5.21. The topological polar surface area (TPSA) is 60.8 Å². The van der Waals surface area contributed by atoms with Crippen LogP contribution in [0.1, 0.15) is 18.4 Å². The maximum absolute atomic E-state index is 8.44. The van der Waals surface area contributed by atoms with Crippen molar-refractivity contribution in [2.45, 2.75) is 12.8 Å². The molecule has 4 nitrogen and oxygen atoms in total. The van der Waals surface area contributed by atoms with Gasteiger partial charge >= 0.3 is 0 Å². The van der Waals surface area contributed by atoms with Gasteiger partial charge in [-0.3, -0.25) is 4.98 Å². The minimum Gasteiger partial charge on any atom is -0.388 e. The maximum Gasteiger partial charge on any atom is 0.0702 e. The quantitative estimate of drug-likeness (QED) is 0.745. The first-order valence-corrected chi connectivity index (χ1v) is 7.87. The lowest BCUT2D eigenvalue weighted by Gasteiger charge is -2.23. The van der Waals surface area contributed by atoms with Crippen LogP contribution in [0.25, 0.3) is 10.9 Å². The van der Waals surface area contributed by atoms with Crippen LogP contribution in [0, 0.1) is 10.8 Å². The summed E-state index contributed by atoms with van der Waals surface area (Å²) in [6, 6.07) is 10.1. The SMILES string of the molecule is N=C(/C=C1\NCCC12CCNC2)c1cnc2ccccc2c1. The summed E-state index contributed by atoms with van der Waals surface area (Å²) in [7, 11) is 0. The van der Waals surface area contributed by atoms with Gasteiger partial charge in [0, 0.05) is 41.3 Å². The number of nitrogens with zero attached hydrogens (tertiary/aromatic N) is 1. The molecule has 0 bridgehead atoms. The molecule has 0 aliphatic carbocycles. The van der Waals surface area contributed by atoms with E-state index in [1.807, 2.05) is 30.3 Å². The molecule has 1 spiro atoms. The summed E-state index contributed by atoms with van der Waals surface area (Å²) in [5, 5.41) is 16.5. The lowest BCUT2D eigenvalue weighted by molar-refractivity contribution is 0.416. The first kappa shape index (κ1) is 13.5. The number of fused-ring (bicyclic) bond motifs is 1. The lowest BCUT2D eigenvalue weighted by atomic mass is 9.82. The molecule has 0 radical (unpaired) electrons. The highest BCUT2D eigenvalue weighted by Gasteiger charge is 2.40. The Morgan fingerprint density at radius 3 is 2.95 bits per heavy atom. The summed E-state index contributed by atoms with van der Waals surface area (Å²) in [5.41, 5.74) is 3.82. The van der Waals surface area contributed by atoms with E-state index in [4.69, 9.17) is 5.41 Å². The van der Waals surface area contributed by atoms with Crippen LogP contribution in [0.15, 0.2) is 48.3 Å². The summed E-state index contributed by atoms with van der Waals surface area (Å²) in [4.78, 5) is 4.46. The van der Waals surface area contributed by atoms with E-state index in [2.05, 4.69) is 21.7 Å². The van der Waals surface area contributed by atoms with Crippen molar-refractivity contribution in [2.75, 3.05) is 19.6 Å². The first-order valence-electron chi connectivity index (χ1n) is 7.87. The van der Waals surface area contributed by atoms with Crippen molar-refractivity contribution in [1.82, 2.24) is 15.6 Å². The Balaban J connectivity index is 1.66. The minimum absolute atomic E-state index is 0.219. The van der Waals surface area contributed by atoms with Gasteiger partial charge in [0.25, 0.3) is 0 Å². The number of aromatic nitrogens is 1. The molecular formula is C18H20N4. The molecule has 2 saturated heterocycles. The standard InChI is InChI=1S/C18H20N4/c19-15(10-17-18(6-8-21-17)5-7-20-12-18)14-9-13-3-1-2-4-16(13)22-11-14/h1-4,9-11,19-21H,5-8,12H2/b17-10-,19-15?. The van der Waals surface area contributed by atoms with Gasteiger partial charge in [-0.15, -0.1) is 0 Å². The Hall–Kier alpha value is -2.20. The van der Waals surface area contributed by atoms with Crippen LogP contribution in [0.3, 0.4) is 0 Å². The number of nitrogens with one attached hydrogen (secondary N) is 3. The molecule has 2 aliphatic heterocycles. The molecule has 3 N–H and O–H groups in total. The van der Waals surface area contributed by atoms with Gasteiger partial charge in [0.2, 0.25) is 0 Å². The van der Waals surface area contributed by atoms with Gasteiger partial charge in [-0.25, -0.2) is 0 Å². The predicted octanol–water partition coefficient (Wildman–Crippen LogP) is 2.46. The van der Waals surface area contributed by atoms with Crippen molar-refractivity contribution in [3.63, 3.8) is 0 Å². The fourth-order valence-electron chi connectivity index (χ4n) is 3.60. The zero-order valence-corrected chi connectivity index (χ0v) is 12.5. The third-order valence-corrected chi connectivity index (χ3v) is 4.92. The van der Waals surface area contributed by atoms with Gasteiger partial charge in [-0.2, -0.15) is 0 Å².